The van der Waals surface area contributed by atoms with Crippen molar-refractivity contribution in [2.45, 2.75) is 166 Å². The lowest BCUT2D eigenvalue weighted by molar-refractivity contribution is -0.269. The summed E-state index contributed by atoms with van der Waals surface area (Å²) in [6, 6.07) is 16.5. The van der Waals surface area contributed by atoms with Crippen molar-refractivity contribution in [2.75, 3.05) is 151 Å². The Labute approximate surface area is 681 Å². The smallest absolute Gasteiger partial charge is 0.251 e. The molecule has 0 bridgehead atoms. The zero-order valence-electron chi connectivity index (χ0n) is 67.8. The van der Waals surface area contributed by atoms with Gasteiger partial charge in [-0.1, -0.05) is 80.3 Å². The molecule has 11 atom stereocenters. The van der Waals surface area contributed by atoms with Gasteiger partial charge in [-0.05, 0) is 68.1 Å². The molecule has 0 spiro atoms. The number of allylic oxidation sites excluding steroid dienone is 1. The molecule has 0 saturated carbocycles. The summed E-state index contributed by atoms with van der Waals surface area (Å²) < 4.78 is 71.5. The van der Waals surface area contributed by atoms with Gasteiger partial charge in [0.1, 0.15) is 71.6 Å². The minimum atomic E-state index is -1.44. The van der Waals surface area contributed by atoms with Crippen molar-refractivity contribution in [3.63, 3.8) is 0 Å². The van der Waals surface area contributed by atoms with E-state index < -0.39 is 96.2 Å². The molecule has 3 aromatic carbocycles. The zero-order chi connectivity index (χ0) is 84.3. The second-order valence-corrected chi connectivity index (χ2v) is 28.6. The molecule has 2 aliphatic heterocycles. The van der Waals surface area contributed by atoms with Crippen molar-refractivity contribution >= 4 is 47.0 Å². The maximum atomic E-state index is 13.6. The van der Waals surface area contributed by atoms with E-state index in [-0.39, 0.29) is 167 Å². The van der Waals surface area contributed by atoms with Gasteiger partial charge in [-0.25, -0.2) is 9.36 Å². The Hall–Kier alpha value is -9.03. The molecule has 11 N–H and O–H groups in total. The Balaban J connectivity index is 0.794. The molecule has 0 aliphatic carbocycles. The van der Waals surface area contributed by atoms with Crippen molar-refractivity contribution in [1.29, 1.82) is 0 Å². The molecule has 2 aliphatic rings. The number of amides is 7. The maximum Gasteiger partial charge on any atom is 0.251 e. The lowest BCUT2D eigenvalue weighted by Gasteiger charge is -2.42. The summed E-state index contributed by atoms with van der Waals surface area (Å²) in [5.41, 5.74) is 2.37. The standard InChI is InChI=1S/C80H119N13O24/c1-8-24-80(5,53-94)52-91(27-9-2)69(99)23-15-13-11-10-12-14-22-67(97)83-47-68(98)86-60-43-58(76(104)81-25-28-108-30-32-110-34-36-112-38-40-114-78-70(84-54(3)95)74(102)72(100)65(116-78)50-92-48-63(87-89-92)56-18-16-20-61(45-56)106-6)42-59(44-60)77(105)82-26-29-109-31-33-111-35-37-113-39-41-115-79-71(85-55(4)96)75(103)73(101)66(117-79)51-93-49-64(88-90-93)57-19-17-21-62(46-57)107-7/h8,16-21,42-46,48-49,65-66,70-75,78-79,94,100-103H,1,9-15,22-41,47,50-53H2,2-7H3,(H,81,104)(H,82,105)(H,83,97)(H,84,95)(H,85,96)(H,86,98)/t65-,66-,70-,71-,72+,73+,74-,75-,78?,79?,80?/m1/s1. The number of ether oxygens (including phenoxy) is 12. The summed E-state index contributed by atoms with van der Waals surface area (Å²) in [6.07, 6.45) is 1.89. The van der Waals surface area contributed by atoms with Crippen LogP contribution >= 0.6 is 0 Å². The van der Waals surface area contributed by atoms with E-state index in [0.717, 1.165) is 49.7 Å². The highest BCUT2D eigenvalue weighted by molar-refractivity contribution is 6.03. The monoisotopic (exact) mass is 1650 g/mol. The number of methoxy groups -OCH3 is 2. The van der Waals surface area contributed by atoms with E-state index in [1.54, 1.807) is 57.0 Å². The van der Waals surface area contributed by atoms with Crippen LogP contribution in [0.3, 0.4) is 0 Å². The normalized spacial score (nSPS) is 19.7. The van der Waals surface area contributed by atoms with E-state index in [4.69, 9.17) is 56.8 Å². The molecule has 0 radical (unpaired) electrons. The van der Waals surface area contributed by atoms with Crippen LogP contribution in [-0.2, 0) is 84.4 Å². The molecule has 3 unspecified atom stereocenters. The molecule has 648 valence electrons. The molecule has 2 saturated heterocycles. The second kappa shape index (κ2) is 52.0. The Morgan fingerprint density at radius 3 is 1.43 bits per heavy atom. The first-order valence-electron chi connectivity index (χ1n) is 39.7. The highest BCUT2D eigenvalue weighted by Gasteiger charge is 2.47. The fraction of sp³-hybridized carbons (Fsp3) is 0.613. The zero-order valence-corrected chi connectivity index (χ0v) is 67.8. The summed E-state index contributed by atoms with van der Waals surface area (Å²) in [6.45, 7) is 13.0. The molecular formula is C80H119N13O24. The fourth-order valence-electron chi connectivity index (χ4n) is 12.8. The van der Waals surface area contributed by atoms with E-state index in [2.05, 4.69) is 59.1 Å². The molecule has 5 aromatic rings. The van der Waals surface area contributed by atoms with Gasteiger partial charge >= 0.3 is 0 Å². The average molecular weight is 1650 g/mol. The number of carbonyl (C=O) groups excluding carboxylic acids is 7. The number of aliphatic hydroxyl groups is 5. The molecule has 7 amide bonds. The highest BCUT2D eigenvalue weighted by Crippen LogP contribution is 2.30. The average Bonchev–Trinajstić information content (AvgIpc) is 1.54. The molecule has 37 heteroatoms. The van der Waals surface area contributed by atoms with Gasteiger partial charge in [-0.3, -0.25) is 33.6 Å². The summed E-state index contributed by atoms with van der Waals surface area (Å²) in [7, 11) is 3.12. The van der Waals surface area contributed by atoms with Crippen molar-refractivity contribution in [1.82, 2.24) is 61.5 Å². The first kappa shape index (κ1) is 95.1. The summed E-state index contributed by atoms with van der Waals surface area (Å²) in [5, 5.41) is 87.0. The third-order valence-corrected chi connectivity index (χ3v) is 18.9. The third kappa shape index (κ3) is 33.4. The number of anilines is 1. The van der Waals surface area contributed by atoms with E-state index in [1.165, 1.54) is 41.4 Å². The summed E-state index contributed by atoms with van der Waals surface area (Å²) in [4.78, 5) is 92.5. The van der Waals surface area contributed by atoms with Crippen LogP contribution in [0.5, 0.6) is 11.5 Å². The SMILES string of the molecule is C=CCC(C)(CO)CN(CCC)C(=O)CCCCCCCCC(=O)NCC(=O)Nc1cc(C(=O)NCCOCCOCCOCCOC2O[C@H](Cn3cc(-c4cccc(OC)c4)nn3)[C@H](O)[C@H](O)[C@H]2NC(C)=O)cc(C(=O)NCCOCCOCCOCCOC2O[C@H](Cn3cc(-c4cccc(OC)c4)nn3)[C@H](O)[C@H](O)[C@H]2NC(C)=O)c1. The molecule has 4 heterocycles. The van der Waals surface area contributed by atoms with Gasteiger partial charge in [0.05, 0.1) is 145 Å². The Morgan fingerprint density at radius 2 is 1.00 bits per heavy atom. The first-order valence-corrected chi connectivity index (χ1v) is 39.7. The van der Waals surface area contributed by atoms with Crippen LogP contribution in [0, 0.1) is 5.41 Å². The number of carbonyl (C=O) groups is 7. The van der Waals surface area contributed by atoms with Crippen molar-refractivity contribution in [2.24, 2.45) is 5.41 Å². The van der Waals surface area contributed by atoms with Gasteiger partial charge in [0.15, 0.2) is 12.6 Å². The molecule has 37 nitrogen and oxygen atoms in total. The lowest BCUT2D eigenvalue weighted by atomic mass is 9.87. The van der Waals surface area contributed by atoms with Crippen molar-refractivity contribution < 1.29 is 116 Å². The number of aliphatic hydroxyl groups excluding tert-OH is 5. The molecule has 117 heavy (non-hydrogen) atoms. The molecule has 7 rings (SSSR count). The minimum absolute atomic E-state index is 0.00293. The van der Waals surface area contributed by atoms with Crippen LogP contribution in [0.1, 0.15) is 113 Å². The van der Waals surface area contributed by atoms with E-state index in [0.29, 0.717) is 55.2 Å². The fourth-order valence-corrected chi connectivity index (χ4v) is 12.8. The Kier molecular flexibility index (Phi) is 42.3. The van der Waals surface area contributed by atoms with Crippen LogP contribution in [0.25, 0.3) is 22.5 Å². The number of aromatic nitrogens is 6. The number of rotatable bonds is 57. The molecule has 2 fully saturated rings. The van der Waals surface area contributed by atoms with Gasteiger partial charge in [0.25, 0.3) is 11.8 Å². The summed E-state index contributed by atoms with van der Waals surface area (Å²) >= 11 is 0. The van der Waals surface area contributed by atoms with E-state index >= 15 is 0 Å². The first-order chi connectivity index (χ1) is 56.5. The highest BCUT2D eigenvalue weighted by atomic mass is 16.7. The van der Waals surface area contributed by atoms with Gasteiger partial charge in [-0.2, -0.15) is 0 Å². The number of benzene rings is 3. The van der Waals surface area contributed by atoms with Crippen molar-refractivity contribution in [3.05, 3.63) is 103 Å². The van der Waals surface area contributed by atoms with Crippen LogP contribution in [0.15, 0.2) is 91.8 Å². The van der Waals surface area contributed by atoms with Gasteiger partial charge in [0.2, 0.25) is 29.5 Å². The minimum Gasteiger partial charge on any atom is -0.497 e. The van der Waals surface area contributed by atoms with E-state index in [1.807, 2.05) is 43.0 Å². The van der Waals surface area contributed by atoms with Gasteiger partial charge in [-0.15, -0.1) is 16.8 Å². The third-order valence-electron chi connectivity index (χ3n) is 18.9. The second-order valence-electron chi connectivity index (χ2n) is 28.6. The number of nitrogens with zero attached hydrogens (tertiary/aromatic N) is 7. The van der Waals surface area contributed by atoms with Crippen LogP contribution < -0.4 is 41.4 Å². The van der Waals surface area contributed by atoms with Crippen LogP contribution in [0.2, 0.25) is 0 Å². The van der Waals surface area contributed by atoms with E-state index in [9.17, 15) is 59.1 Å². The van der Waals surface area contributed by atoms with Crippen LogP contribution in [0.4, 0.5) is 5.69 Å². The lowest BCUT2D eigenvalue weighted by Crippen LogP contribution is -2.64. The number of hydrogen-bond acceptors (Lipinski definition) is 28. The van der Waals surface area contributed by atoms with Gasteiger partial charge in [0, 0.05) is 86.2 Å². The predicted octanol–water partition coefficient (Wildman–Crippen LogP) is 2.11. The summed E-state index contributed by atoms with van der Waals surface area (Å²) in [5.74, 6) is -1.66. The Morgan fingerprint density at radius 1 is 0.564 bits per heavy atom. The van der Waals surface area contributed by atoms with Gasteiger partial charge < -0.3 is 119 Å². The van der Waals surface area contributed by atoms with Crippen LogP contribution in [-0.4, -0.2) is 309 Å². The molecule has 2 aromatic heterocycles. The molecular weight excluding hydrogens is 1530 g/mol. The topological polar surface area (TPSA) is 468 Å². The Bertz CT molecular complexity index is 3650. The van der Waals surface area contributed by atoms with Crippen molar-refractivity contribution in [3.8, 4) is 34.0 Å². The number of hydrogen-bond donors (Lipinski definition) is 11. The quantitative estimate of drug-likeness (QED) is 0.0196. The predicted molar refractivity (Wildman–Crippen MR) is 424 cm³/mol. The number of nitrogens with one attached hydrogen (secondary N) is 6. The number of unbranched alkanes of at least 4 members (excludes halogenated alkanes) is 5. The maximum absolute atomic E-state index is 13.6. The largest absolute Gasteiger partial charge is 0.497 e.